The maximum atomic E-state index is 13.2. The van der Waals surface area contributed by atoms with Crippen molar-refractivity contribution in [3.8, 4) is 11.3 Å². The molecule has 0 amide bonds. The summed E-state index contributed by atoms with van der Waals surface area (Å²) in [5.41, 5.74) is 2.34. The second-order valence-electron chi connectivity index (χ2n) is 6.91. The maximum absolute atomic E-state index is 13.2. The standard InChI is InChI=1S/C22H21FN4O2S/c23-20-8-6-19(7-9-20)21-16-22(25-17-24-21)26-11-13-27(14-12-26)30(28,29)15-10-18-4-2-1-3-5-18/h1-10,15-17H,11-14H2/b15-10+. The van der Waals surface area contributed by atoms with Gasteiger partial charge in [-0.05, 0) is 35.9 Å². The van der Waals surface area contributed by atoms with Gasteiger partial charge in [0.2, 0.25) is 10.0 Å². The molecule has 1 fully saturated rings. The molecule has 1 saturated heterocycles. The van der Waals surface area contributed by atoms with Crippen molar-refractivity contribution < 1.29 is 12.8 Å². The van der Waals surface area contributed by atoms with Gasteiger partial charge in [0.05, 0.1) is 5.69 Å². The van der Waals surface area contributed by atoms with E-state index in [0.717, 1.165) is 16.9 Å². The summed E-state index contributed by atoms with van der Waals surface area (Å²) in [5, 5.41) is 1.26. The number of hydrogen-bond acceptors (Lipinski definition) is 5. The first-order valence-corrected chi connectivity index (χ1v) is 11.1. The Labute approximate surface area is 175 Å². The summed E-state index contributed by atoms with van der Waals surface area (Å²) in [6.45, 7) is 1.80. The smallest absolute Gasteiger partial charge is 0.236 e. The predicted octanol–water partition coefficient (Wildman–Crippen LogP) is 3.41. The lowest BCUT2D eigenvalue weighted by atomic mass is 10.1. The fraction of sp³-hybridized carbons (Fsp3) is 0.182. The van der Waals surface area contributed by atoms with Gasteiger partial charge >= 0.3 is 0 Å². The molecule has 0 spiro atoms. The summed E-state index contributed by atoms with van der Waals surface area (Å²) in [6, 6.07) is 17.3. The van der Waals surface area contributed by atoms with E-state index in [1.165, 1.54) is 28.2 Å². The average Bonchev–Trinajstić information content (AvgIpc) is 2.79. The Morgan fingerprint density at radius 1 is 0.900 bits per heavy atom. The van der Waals surface area contributed by atoms with Gasteiger partial charge in [-0.15, -0.1) is 0 Å². The highest BCUT2D eigenvalue weighted by atomic mass is 32.2. The highest BCUT2D eigenvalue weighted by Crippen LogP contribution is 2.22. The first-order valence-electron chi connectivity index (χ1n) is 9.57. The van der Waals surface area contributed by atoms with Gasteiger partial charge in [-0.2, -0.15) is 4.31 Å². The number of nitrogens with zero attached hydrogens (tertiary/aromatic N) is 4. The van der Waals surface area contributed by atoms with Crippen LogP contribution in [0.5, 0.6) is 0 Å². The second kappa shape index (κ2) is 8.73. The van der Waals surface area contributed by atoms with Crippen molar-refractivity contribution in [2.45, 2.75) is 0 Å². The van der Waals surface area contributed by atoms with Crippen LogP contribution in [0, 0.1) is 5.82 Å². The minimum absolute atomic E-state index is 0.299. The van der Waals surface area contributed by atoms with Gasteiger partial charge < -0.3 is 4.90 Å². The number of benzene rings is 2. The van der Waals surface area contributed by atoms with Crippen LogP contribution >= 0.6 is 0 Å². The van der Waals surface area contributed by atoms with E-state index in [0.29, 0.717) is 31.9 Å². The number of aromatic nitrogens is 2. The third-order valence-electron chi connectivity index (χ3n) is 4.95. The highest BCUT2D eigenvalue weighted by molar-refractivity contribution is 7.92. The first kappa shape index (κ1) is 20.2. The third-order valence-corrected chi connectivity index (χ3v) is 6.51. The largest absolute Gasteiger partial charge is 0.354 e. The van der Waals surface area contributed by atoms with Crippen molar-refractivity contribution in [1.29, 1.82) is 0 Å². The molecular weight excluding hydrogens is 403 g/mol. The molecule has 6 nitrogen and oxygen atoms in total. The molecule has 154 valence electrons. The molecule has 2 heterocycles. The molecule has 1 aliphatic rings. The first-order chi connectivity index (χ1) is 14.5. The van der Waals surface area contributed by atoms with E-state index in [1.807, 2.05) is 41.3 Å². The lowest BCUT2D eigenvalue weighted by Crippen LogP contribution is -2.48. The summed E-state index contributed by atoms with van der Waals surface area (Å²) in [6.07, 6.45) is 3.08. The van der Waals surface area contributed by atoms with Crippen LogP contribution in [0.4, 0.5) is 10.2 Å². The fourth-order valence-electron chi connectivity index (χ4n) is 3.28. The number of rotatable bonds is 5. The molecule has 1 aromatic heterocycles. The zero-order chi connectivity index (χ0) is 21.0. The monoisotopic (exact) mass is 424 g/mol. The van der Waals surface area contributed by atoms with Crippen LogP contribution in [-0.4, -0.2) is 48.9 Å². The van der Waals surface area contributed by atoms with Gasteiger partial charge in [-0.3, -0.25) is 0 Å². The molecule has 0 unspecified atom stereocenters. The molecule has 1 aliphatic heterocycles. The minimum atomic E-state index is -3.48. The lowest BCUT2D eigenvalue weighted by molar-refractivity contribution is 0.389. The molecule has 8 heteroatoms. The van der Waals surface area contributed by atoms with Gasteiger partial charge in [-0.25, -0.2) is 22.8 Å². The molecule has 30 heavy (non-hydrogen) atoms. The molecular formula is C22H21FN4O2S. The van der Waals surface area contributed by atoms with Crippen LogP contribution < -0.4 is 4.90 Å². The Hall–Kier alpha value is -3.10. The van der Waals surface area contributed by atoms with Gasteiger partial charge in [-0.1, -0.05) is 30.3 Å². The Kier molecular flexibility index (Phi) is 5.87. The van der Waals surface area contributed by atoms with Gasteiger partial charge in [0, 0.05) is 43.2 Å². The molecule has 0 saturated carbocycles. The predicted molar refractivity (Wildman–Crippen MR) is 116 cm³/mol. The molecule has 0 bridgehead atoms. The Balaban J connectivity index is 1.42. The highest BCUT2D eigenvalue weighted by Gasteiger charge is 2.25. The molecule has 0 radical (unpaired) electrons. The molecule has 4 rings (SSSR count). The second-order valence-corrected chi connectivity index (χ2v) is 8.73. The van der Waals surface area contributed by atoms with E-state index in [9.17, 15) is 12.8 Å². The number of anilines is 1. The Bertz CT molecular complexity index is 1130. The Morgan fingerprint density at radius 2 is 1.60 bits per heavy atom. The zero-order valence-corrected chi connectivity index (χ0v) is 17.0. The average molecular weight is 425 g/mol. The number of sulfonamides is 1. The van der Waals surface area contributed by atoms with Crippen LogP contribution in [0.15, 0.2) is 72.4 Å². The van der Waals surface area contributed by atoms with E-state index < -0.39 is 10.0 Å². The topological polar surface area (TPSA) is 66.4 Å². The van der Waals surface area contributed by atoms with E-state index in [1.54, 1.807) is 18.2 Å². The van der Waals surface area contributed by atoms with Crippen LogP contribution in [0.3, 0.4) is 0 Å². The normalized spacial score (nSPS) is 15.6. The minimum Gasteiger partial charge on any atom is -0.354 e. The van der Waals surface area contributed by atoms with E-state index in [-0.39, 0.29) is 5.82 Å². The van der Waals surface area contributed by atoms with Crippen LogP contribution in [0.1, 0.15) is 5.56 Å². The molecule has 0 atom stereocenters. The van der Waals surface area contributed by atoms with Crippen LogP contribution in [0.25, 0.3) is 17.3 Å². The van der Waals surface area contributed by atoms with Crippen molar-refractivity contribution in [2.75, 3.05) is 31.1 Å². The fourth-order valence-corrected chi connectivity index (χ4v) is 4.46. The number of hydrogen-bond donors (Lipinski definition) is 0. The van der Waals surface area contributed by atoms with Crippen molar-refractivity contribution in [1.82, 2.24) is 14.3 Å². The summed E-state index contributed by atoms with van der Waals surface area (Å²) in [7, 11) is -3.48. The molecule has 0 N–H and O–H groups in total. The van der Waals surface area contributed by atoms with E-state index >= 15 is 0 Å². The summed E-state index contributed by atoms with van der Waals surface area (Å²) >= 11 is 0. The molecule has 3 aromatic rings. The quantitative estimate of drug-likeness (QED) is 0.628. The van der Waals surface area contributed by atoms with Gasteiger partial charge in [0.15, 0.2) is 0 Å². The summed E-state index contributed by atoms with van der Waals surface area (Å²) in [4.78, 5) is 10.6. The zero-order valence-electron chi connectivity index (χ0n) is 16.2. The van der Waals surface area contributed by atoms with E-state index in [4.69, 9.17) is 0 Å². The van der Waals surface area contributed by atoms with Gasteiger partial charge in [0.1, 0.15) is 18.0 Å². The third kappa shape index (κ3) is 4.72. The number of piperazine rings is 1. The van der Waals surface area contributed by atoms with Crippen LogP contribution in [-0.2, 0) is 10.0 Å². The number of halogens is 1. The van der Waals surface area contributed by atoms with Gasteiger partial charge in [0.25, 0.3) is 0 Å². The molecule has 0 aliphatic carbocycles. The summed E-state index contributed by atoms with van der Waals surface area (Å²) < 4.78 is 39.9. The van der Waals surface area contributed by atoms with E-state index in [2.05, 4.69) is 9.97 Å². The van der Waals surface area contributed by atoms with Crippen LogP contribution in [0.2, 0.25) is 0 Å². The van der Waals surface area contributed by atoms with Crippen molar-refractivity contribution >= 4 is 21.9 Å². The Morgan fingerprint density at radius 3 is 2.30 bits per heavy atom. The van der Waals surface area contributed by atoms with Crippen molar-refractivity contribution in [3.05, 3.63) is 83.8 Å². The summed E-state index contributed by atoms with van der Waals surface area (Å²) in [5.74, 6) is 0.424. The maximum Gasteiger partial charge on any atom is 0.236 e. The van der Waals surface area contributed by atoms with Crippen molar-refractivity contribution in [2.24, 2.45) is 0 Å². The molecule has 2 aromatic carbocycles. The lowest BCUT2D eigenvalue weighted by Gasteiger charge is -2.34. The SMILES string of the molecule is O=S(=O)(/C=C/c1ccccc1)N1CCN(c2cc(-c3ccc(F)cc3)ncn2)CC1. The van der Waals surface area contributed by atoms with Crippen molar-refractivity contribution in [3.63, 3.8) is 0 Å².